The molecule has 0 fully saturated rings. The van der Waals surface area contributed by atoms with Crippen molar-refractivity contribution >= 4 is 16.8 Å². The maximum atomic E-state index is 12.8. The van der Waals surface area contributed by atoms with Crippen molar-refractivity contribution < 1.29 is 9.32 Å². The number of nitrogens with one attached hydrogen (secondary N) is 2. The third-order valence-corrected chi connectivity index (χ3v) is 5.57. The van der Waals surface area contributed by atoms with Crippen molar-refractivity contribution in [3.8, 4) is 0 Å². The number of fused-ring (bicyclic) bond motifs is 3. The van der Waals surface area contributed by atoms with Crippen LogP contribution in [0.5, 0.6) is 0 Å². The number of benzene rings is 1. The number of amides is 1. The number of carbonyl (C=O) groups is 1. The summed E-state index contributed by atoms with van der Waals surface area (Å²) in [6, 6.07) is 6.01. The minimum absolute atomic E-state index is 0.0364. The topological polar surface area (TPSA) is 83.8 Å². The van der Waals surface area contributed by atoms with Crippen molar-refractivity contribution in [2.24, 2.45) is 5.92 Å². The van der Waals surface area contributed by atoms with Gasteiger partial charge in [0.1, 0.15) is 0 Å². The van der Waals surface area contributed by atoms with E-state index < -0.39 is 0 Å². The summed E-state index contributed by atoms with van der Waals surface area (Å²) in [5, 5.41) is 8.20. The Balaban J connectivity index is 1.40. The number of hydrogen-bond acceptors (Lipinski definition) is 4. The van der Waals surface area contributed by atoms with E-state index in [0.29, 0.717) is 24.8 Å². The molecular formula is C22H28N4O2. The largest absolute Gasteiger partial charge is 0.358 e. The second-order valence-electron chi connectivity index (χ2n) is 8.22. The smallest absolute Gasteiger partial charge is 0.253 e. The van der Waals surface area contributed by atoms with Gasteiger partial charge in [-0.15, -0.1) is 0 Å². The molecule has 1 unspecified atom stereocenters. The first-order chi connectivity index (χ1) is 13.5. The maximum Gasteiger partial charge on any atom is 0.253 e. The van der Waals surface area contributed by atoms with Gasteiger partial charge in [0.15, 0.2) is 5.82 Å². The molecule has 0 saturated heterocycles. The third kappa shape index (κ3) is 3.68. The van der Waals surface area contributed by atoms with Gasteiger partial charge in [0.05, 0.1) is 11.1 Å². The zero-order chi connectivity index (χ0) is 19.7. The molecule has 1 aromatic carbocycles. The number of rotatable bonds is 6. The SMILES string of the molecule is CC1CCc2[nH]c3c(C(=O)NCCCc4nc(C(C)C)no4)cccc3c2C1. The Morgan fingerprint density at radius 2 is 2.25 bits per heavy atom. The van der Waals surface area contributed by atoms with Crippen molar-refractivity contribution in [1.82, 2.24) is 20.4 Å². The Morgan fingerprint density at radius 1 is 1.39 bits per heavy atom. The predicted molar refractivity (Wildman–Crippen MR) is 109 cm³/mol. The highest BCUT2D eigenvalue weighted by molar-refractivity contribution is 6.06. The van der Waals surface area contributed by atoms with Crippen LogP contribution in [0.25, 0.3) is 10.9 Å². The van der Waals surface area contributed by atoms with E-state index in [1.165, 1.54) is 23.1 Å². The van der Waals surface area contributed by atoms with Crippen molar-refractivity contribution in [2.45, 2.75) is 58.8 Å². The fraction of sp³-hybridized carbons (Fsp3) is 0.500. The highest BCUT2D eigenvalue weighted by Gasteiger charge is 2.22. The van der Waals surface area contributed by atoms with E-state index in [0.717, 1.165) is 36.2 Å². The van der Waals surface area contributed by atoms with Crippen LogP contribution < -0.4 is 5.32 Å². The summed E-state index contributed by atoms with van der Waals surface area (Å²) in [6.45, 7) is 6.95. The summed E-state index contributed by atoms with van der Waals surface area (Å²) in [5.74, 6) is 2.28. The fourth-order valence-electron chi connectivity index (χ4n) is 3.95. The standard InChI is InChI=1S/C22H28N4O2/c1-13(2)21-25-19(28-26-21)8-5-11-23-22(27)16-7-4-6-15-17-12-14(3)9-10-18(17)24-20(15)16/h4,6-7,13-14,24H,5,8-12H2,1-3H3,(H,23,27). The van der Waals surface area contributed by atoms with Gasteiger partial charge in [-0.2, -0.15) is 4.98 Å². The van der Waals surface area contributed by atoms with Crippen LogP contribution >= 0.6 is 0 Å². The van der Waals surface area contributed by atoms with Crippen LogP contribution in [0.4, 0.5) is 0 Å². The van der Waals surface area contributed by atoms with Gasteiger partial charge >= 0.3 is 0 Å². The molecule has 1 aliphatic carbocycles. The molecule has 148 valence electrons. The van der Waals surface area contributed by atoms with E-state index >= 15 is 0 Å². The molecule has 28 heavy (non-hydrogen) atoms. The minimum Gasteiger partial charge on any atom is -0.358 e. The molecule has 0 bridgehead atoms. The molecule has 6 heteroatoms. The highest BCUT2D eigenvalue weighted by Crippen LogP contribution is 2.32. The number of H-pyrrole nitrogens is 1. The fourth-order valence-corrected chi connectivity index (χ4v) is 3.95. The lowest BCUT2D eigenvalue weighted by Gasteiger charge is -2.17. The highest BCUT2D eigenvalue weighted by atomic mass is 16.5. The van der Waals surface area contributed by atoms with Crippen LogP contribution in [0.1, 0.15) is 72.9 Å². The van der Waals surface area contributed by atoms with Gasteiger partial charge in [0.2, 0.25) is 5.89 Å². The van der Waals surface area contributed by atoms with Gasteiger partial charge in [-0.1, -0.05) is 38.1 Å². The normalized spacial score (nSPS) is 16.5. The number of aromatic amines is 1. The molecule has 2 heterocycles. The molecule has 2 aromatic heterocycles. The van der Waals surface area contributed by atoms with Crippen molar-refractivity contribution in [1.29, 1.82) is 0 Å². The summed E-state index contributed by atoms with van der Waals surface area (Å²) in [5.41, 5.74) is 4.38. The van der Waals surface area contributed by atoms with E-state index in [1.807, 2.05) is 26.0 Å². The number of aromatic nitrogens is 3. The Kier molecular flexibility index (Phi) is 5.20. The second-order valence-corrected chi connectivity index (χ2v) is 8.22. The average Bonchev–Trinajstić information content (AvgIpc) is 3.29. The number of carbonyl (C=O) groups excluding carboxylic acids is 1. The maximum absolute atomic E-state index is 12.8. The lowest BCUT2D eigenvalue weighted by atomic mass is 9.87. The van der Waals surface area contributed by atoms with Gasteiger partial charge in [-0.25, -0.2) is 0 Å². The summed E-state index contributed by atoms with van der Waals surface area (Å²) < 4.78 is 5.25. The first kappa shape index (κ1) is 18.7. The Morgan fingerprint density at radius 3 is 3.04 bits per heavy atom. The average molecular weight is 380 g/mol. The lowest BCUT2D eigenvalue weighted by molar-refractivity contribution is 0.0954. The number of nitrogens with zero attached hydrogens (tertiary/aromatic N) is 2. The van der Waals surface area contributed by atoms with Crippen LogP contribution in [-0.4, -0.2) is 27.6 Å². The lowest BCUT2D eigenvalue weighted by Crippen LogP contribution is -2.25. The second kappa shape index (κ2) is 7.78. The minimum atomic E-state index is -0.0364. The van der Waals surface area contributed by atoms with Crippen LogP contribution in [-0.2, 0) is 19.3 Å². The molecular weight excluding hydrogens is 352 g/mol. The van der Waals surface area contributed by atoms with Crippen LogP contribution in [0, 0.1) is 5.92 Å². The van der Waals surface area contributed by atoms with Crippen LogP contribution in [0.15, 0.2) is 22.7 Å². The Hall–Kier alpha value is -2.63. The first-order valence-corrected chi connectivity index (χ1v) is 10.3. The van der Waals surface area contributed by atoms with Gasteiger partial charge in [0, 0.05) is 30.0 Å². The molecule has 1 amide bonds. The Labute approximate surface area is 165 Å². The van der Waals surface area contributed by atoms with E-state index in [4.69, 9.17) is 4.52 Å². The van der Waals surface area contributed by atoms with Gasteiger partial charge in [-0.3, -0.25) is 4.79 Å². The summed E-state index contributed by atoms with van der Waals surface area (Å²) in [4.78, 5) is 20.7. The quantitative estimate of drug-likeness (QED) is 0.629. The monoisotopic (exact) mass is 380 g/mol. The van der Waals surface area contributed by atoms with E-state index in [1.54, 1.807) is 0 Å². The summed E-state index contributed by atoms with van der Waals surface area (Å²) >= 11 is 0. The summed E-state index contributed by atoms with van der Waals surface area (Å²) in [6.07, 6.45) is 4.78. The molecule has 1 atom stereocenters. The third-order valence-electron chi connectivity index (χ3n) is 5.57. The van der Waals surface area contributed by atoms with Crippen molar-refractivity contribution in [2.75, 3.05) is 6.54 Å². The molecule has 0 radical (unpaired) electrons. The molecule has 1 aliphatic rings. The Bertz CT molecular complexity index is 986. The predicted octanol–water partition coefficient (Wildman–Crippen LogP) is 4.16. The van der Waals surface area contributed by atoms with E-state index in [9.17, 15) is 4.79 Å². The van der Waals surface area contributed by atoms with Crippen LogP contribution in [0.3, 0.4) is 0 Å². The van der Waals surface area contributed by atoms with E-state index in [-0.39, 0.29) is 11.8 Å². The molecule has 2 N–H and O–H groups in total. The summed E-state index contributed by atoms with van der Waals surface area (Å²) in [7, 11) is 0. The van der Waals surface area contributed by atoms with Gasteiger partial charge in [0.25, 0.3) is 5.91 Å². The number of aryl methyl sites for hydroxylation is 2. The molecule has 0 saturated carbocycles. The molecule has 0 spiro atoms. The van der Waals surface area contributed by atoms with Crippen molar-refractivity contribution in [3.05, 3.63) is 46.7 Å². The van der Waals surface area contributed by atoms with Crippen molar-refractivity contribution in [3.63, 3.8) is 0 Å². The zero-order valence-corrected chi connectivity index (χ0v) is 16.8. The zero-order valence-electron chi connectivity index (χ0n) is 16.8. The van der Waals surface area contributed by atoms with Gasteiger partial charge in [-0.05, 0) is 43.2 Å². The molecule has 0 aliphatic heterocycles. The van der Waals surface area contributed by atoms with Crippen LogP contribution in [0.2, 0.25) is 0 Å². The first-order valence-electron chi connectivity index (χ1n) is 10.3. The molecule has 3 aromatic rings. The van der Waals surface area contributed by atoms with Gasteiger partial charge < -0.3 is 14.8 Å². The number of hydrogen-bond donors (Lipinski definition) is 2. The molecule has 4 rings (SSSR count). The van der Waals surface area contributed by atoms with E-state index in [2.05, 4.69) is 33.4 Å². The number of para-hydroxylation sites is 1. The molecule has 6 nitrogen and oxygen atoms in total.